The van der Waals surface area contributed by atoms with Crippen molar-refractivity contribution < 1.29 is 22.7 Å². The van der Waals surface area contributed by atoms with Crippen LogP contribution in [-0.4, -0.2) is 44.0 Å². The molecule has 3 heterocycles. The van der Waals surface area contributed by atoms with Gasteiger partial charge in [-0.3, -0.25) is 9.52 Å². The summed E-state index contributed by atoms with van der Waals surface area (Å²) in [6.07, 6.45) is 1.50. The molecule has 3 aromatic heterocycles. The van der Waals surface area contributed by atoms with Crippen LogP contribution in [-0.2, 0) is 16.6 Å². The summed E-state index contributed by atoms with van der Waals surface area (Å²) in [5.74, 6) is -0.454. The number of hydrogen-bond donors (Lipinski definition) is 5. The maximum atomic E-state index is 12.9. The van der Waals surface area contributed by atoms with Gasteiger partial charge in [0.25, 0.3) is 21.7 Å². The highest BCUT2D eigenvalue weighted by atomic mass is 35.5. The first kappa shape index (κ1) is 24.8. The predicted molar refractivity (Wildman–Crippen MR) is 137 cm³/mol. The van der Waals surface area contributed by atoms with Crippen LogP contribution in [0.1, 0.15) is 15.9 Å². The number of aromatic nitrogens is 5. The van der Waals surface area contributed by atoms with Crippen LogP contribution in [0.3, 0.4) is 0 Å². The molecule has 38 heavy (non-hydrogen) atoms. The fraction of sp³-hybridized carbons (Fsp3) is 0.0455. The van der Waals surface area contributed by atoms with Gasteiger partial charge >= 0.3 is 0 Å². The minimum Gasteiger partial charge on any atom is -0.506 e. The minimum atomic E-state index is -4.18. The largest absolute Gasteiger partial charge is 0.506 e. The third-order valence-corrected chi connectivity index (χ3v) is 6.87. The van der Waals surface area contributed by atoms with Gasteiger partial charge in [0, 0.05) is 12.2 Å². The van der Waals surface area contributed by atoms with Gasteiger partial charge in [0.2, 0.25) is 17.7 Å². The SMILES string of the molecule is NC(=O)c1cc(S(=O)(=O)Nc2cccc(CNc3nc(N)n4nc(-c5ccco5)nc4n3)c2)cc(Cl)c1O. The molecule has 14 nitrogen and oxygen atoms in total. The fourth-order valence-corrected chi connectivity index (χ4v) is 4.84. The summed E-state index contributed by atoms with van der Waals surface area (Å²) in [5.41, 5.74) is 11.7. The Labute approximate surface area is 219 Å². The Bertz CT molecular complexity index is 1790. The third kappa shape index (κ3) is 4.87. The number of nitrogen functional groups attached to an aromatic ring is 1. The van der Waals surface area contributed by atoms with Crippen molar-refractivity contribution >= 4 is 50.9 Å². The zero-order chi connectivity index (χ0) is 27.0. The Morgan fingerprint density at radius 3 is 2.68 bits per heavy atom. The fourth-order valence-electron chi connectivity index (χ4n) is 3.45. The molecular weight excluding hydrogens is 538 g/mol. The van der Waals surface area contributed by atoms with Gasteiger partial charge < -0.3 is 26.3 Å². The Morgan fingerprint density at radius 1 is 1.13 bits per heavy atom. The lowest BCUT2D eigenvalue weighted by molar-refractivity contribution is 0.0997. The van der Waals surface area contributed by atoms with Gasteiger partial charge in [-0.25, -0.2) is 8.42 Å². The molecule has 0 aliphatic rings. The number of aromatic hydroxyl groups is 1. The van der Waals surface area contributed by atoms with Gasteiger partial charge in [-0.15, -0.1) is 5.10 Å². The van der Waals surface area contributed by atoms with E-state index in [-0.39, 0.29) is 39.8 Å². The molecule has 0 spiro atoms. The average molecular weight is 556 g/mol. The number of nitrogens with zero attached hydrogens (tertiary/aromatic N) is 5. The molecule has 0 bridgehead atoms. The number of hydrogen-bond acceptors (Lipinski definition) is 11. The number of furan rings is 1. The van der Waals surface area contributed by atoms with Crippen LogP contribution in [0, 0.1) is 0 Å². The van der Waals surface area contributed by atoms with E-state index in [1.54, 1.807) is 30.3 Å². The van der Waals surface area contributed by atoms with Crippen LogP contribution in [0.2, 0.25) is 5.02 Å². The molecular formula is C22H18ClN9O5S. The molecule has 0 aliphatic carbocycles. The van der Waals surface area contributed by atoms with E-state index in [4.69, 9.17) is 27.5 Å². The van der Waals surface area contributed by atoms with E-state index in [1.165, 1.54) is 16.8 Å². The first-order chi connectivity index (χ1) is 18.1. The second kappa shape index (κ2) is 9.53. The van der Waals surface area contributed by atoms with Gasteiger partial charge in [0.05, 0.1) is 21.7 Å². The molecule has 5 rings (SSSR count). The summed E-state index contributed by atoms with van der Waals surface area (Å²) in [6, 6.07) is 11.9. The lowest BCUT2D eigenvalue weighted by atomic mass is 10.2. The Hall–Kier alpha value is -4.89. The summed E-state index contributed by atoms with van der Waals surface area (Å²) in [5, 5.41) is 16.8. The lowest BCUT2D eigenvalue weighted by Crippen LogP contribution is -2.16. The molecule has 0 radical (unpaired) electrons. The van der Waals surface area contributed by atoms with E-state index in [0.717, 1.165) is 12.1 Å². The number of carbonyl (C=O) groups excluding carboxylic acids is 1. The van der Waals surface area contributed by atoms with Crippen molar-refractivity contribution in [1.82, 2.24) is 24.6 Å². The van der Waals surface area contributed by atoms with Gasteiger partial charge in [-0.2, -0.15) is 19.5 Å². The highest BCUT2D eigenvalue weighted by Crippen LogP contribution is 2.31. The first-order valence-electron chi connectivity index (χ1n) is 10.7. The summed E-state index contributed by atoms with van der Waals surface area (Å²) in [7, 11) is -4.18. The number of amides is 1. The molecule has 16 heteroatoms. The number of nitrogens with one attached hydrogen (secondary N) is 2. The highest BCUT2D eigenvalue weighted by molar-refractivity contribution is 7.92. The van der Waals surface area contributed by atoms with Crippen LogP contribution >= 0.6 is 11.6 Å². The van der Waals surface area contributed by atoms with E-state index >= 15 is 0 Å². The average Bonchev–Trinajstić information content (AvgIpc) is 3.54. The maximum Gasteiger partial charge on any atom is 0.261 e. The van der Waals surface area contributed by atoms with Gasteiger partial charge in [-0.1, -0.05) is 23.7 Å². The minimum absolute atomic E-state index is 0.0483. The molecule has 5 aromatic rings. The smallest absolute Gasteiger partial charge is 0.261 e. The zero-order valence-corrected chi connectivity index (χ0v) is 20.7. The standard InChI is InChI=1S/C22H18ClN9O5S/c23-15-9-13(8-14(17(15)33)18(24)34)38(35,36)31-12-4-1-3-11(7-12)10-26-21-28-20(25)32-22(29-21)27-19(30-32)16-5-2-6-37-16/h1-9,31,33H,10H2,(H2,24,34)(H3,25,26,27,28,29,30). The van der Waals surface area contributed by atoms with Gasteiger partial charge in [-0.05, 0) is 42.0 Å². The topological polar surface area (TPSA) is 217 Å². The Kier molecular flexibility index (Phi) is 6.22. The van der Waals surface area contributed by atoms with Crippen molar-refractivity contribution in [3.8, 4) is 17.3 Å². The van der Waals surface area contributed by atoms with E-state index in [2.05, 4.69) is 30.1 Å². The van der Waals surface area contributed by atoms with Crippen LogP contribution < -0.4 is 21.5 Å². The molecule has 0 unspecified atom stereocenters. The monoisotopic (exact) mass is 555 g/mol. The number of rotatable bonds is 8. The molecule has 0 saturated carbocycles. The molecule has 0 atom stereocenters. The summed E-state index contributed by atoms with van der Waals surface area (Å²) in [6.45, 7) is 0.210. The third-order valence-electron chi connectivity index (χ3n) is 5.22. The zero-order valence-electron chi connectivity index (χ0n) is 19.2. The molecule has 0 saturated heterocycles. The summed E-state index contributed by atoms with van der Waals surface area (Å²) < 4.78 is 34.8. The maximum absolute atomic E-state index is 12.9. The normalized spacial score (nSPS) is 11.5. The van der Waals surface area contributed by atoms with Crippen LogP contribution in [0.25, 0.3) is 17.4 Å². The number of halogens is 1. The number of anilines is 3. The van der Waals surface area contributed by atoms with Gasteiger partial charge in [0.15, 0.2) is 5.76 Å². The number of sulfonamides is 1. The molecule has 1 amide bonds. The van der Waals surface area contributed by atoms with E-state index in [9.17, 15) is 18.3 Å². The molecule has 0 aliphatic heterocycles. The molecule has 0 fully saturated rings. The molecule has 7 N–H and O–H groups in total. The highest BCUT2D eigenvalue weighted by Gasteiger charge is 2.21. The first-order valence-corrected chi connectivity index (χ1v) is 12.6. The second-order valence-electron chi connectivity index (χ2n) is 7.85. The molecule has 2 aromatic carbocycles. The number of nitrogens with two attached hydrogens (primary N) is 2. The molecule has 194 valence electrons. The van der Waals surface area contributed by atoms with Crippen molar-refractivity contribution in [1.29, 1.82) is 0 Å². The number of carbonyl (C=O) groups is 1. The van der Waals surface area contributed by atoms with Crippen molar-refractivity contribution in [2.24, 2.45) is 5.73 Å². The quantitative estimate of drug-likeness (QED) is 0.187. The van der Waals surface area contributed by atoms with Crippen molar-refractivity contribution in [2.45, 2.75) is 11.4 Å². The second-order valence-corrected chi connectivity index (χ2v) is 9.94. The lowest BCUT2D eigenvalue weighted by Gasteiger charge is -2.12. The number of phenols is 1. The van der Waals surface area contributed by atoms with Crippen molar-refractivity contribution in [3.63, 3.8) is 0 Å². The van der Waals surface area contributed by atoms with E-state index in [0.29, 0.717) is 17.1 Å². The van der Waals surface area contributed by atoms with Crippen molar-refractivity contribution in [2.75, 3.05) is 15.8 Å². The van der Waals surface area contributed by atoms with Gasteiger partial charge in [0.1, 0.15) is 5.75 Å². The van der Waals surface area contributed by atoms with Crippen molar-refractivity contribution in [3.05, 3.63) is 70.9 Å². The predicted octanol–water partition coefficient (Wildman–Crippen LogP) is 2.23. The summed E-state index contributed by atoms with van der Waals surface area (Å²) in [4.78, 5) is 24.0. The van der Waals surface area contributed by atoms with E-state index in [1.807, 2.05) is 0 Å². The Balaban J connectivity index is 1.33. The Morgan fingerprint density at radius 2 is 1.95 bits per heavy atom. The van der Waals surface area contributed by atoms with E-state index < -0.39 is 27.2 Å². The number of fused-ring (bicyclic) bond motifs is 1. The number of benzene rings is 2. The van der Waals surface area contributed by atoms with Crippen LogP contribution in [0.5, 0.6) is 5.75 Å². The van der Waals surface area contributed by atoms with Crippen LogP contribution in [0.15, 0.2) is 64.1 Å². The number of primary amides is 1. The van der Waals surface area contributed by atoms with Crippen LogP contribution in [0.4, 0.5) is 17.6 Å². The summed E-state index contributed by atoms with van der Waals surface area (Å²) >= 11 is 5.88.